The quantitative estimate of drug-likeness (QED) is 0.805. The van der Waals surface area contributed by atoms with Crippen molar-refractivity contribution >= 4 is 11.9 Å². The Balaban J connectivity index is 1.67. The van der Waals surface area contributed by atoms with Gasteiger partial charge in [-0.1, -0.05) is 30.3 Å². The van der Waals surface area contributed by atoms with E-state index in [4.69, 9.17) is 4.74 Å². The van der Waals surface area contributed by atoms with E-state index in [0.29, 0.717) is 31.6 Å². The summed E-state index contributed by atoms with van der Waals surface area (Å²) in [4.78, 5) is 26.2. The van der Waals surface area contributed by atoms with Crippen LogP contribution in [0.1, 0.15) is 29.3 Å². The zero-order chi connectivity index (χ0) is 17.2. The lowest BCUT2D eigenvalue weighted by atomic mass is 9.90. The van der Waals surface area contributed by atoms with Crippen LogP contribution in [0.25, 0.3) is 0 Å². The van der Waals surface area contributed by atoms with Crippen LogP contribution in [0.3, 0.4) is 0 Å². The molecule has 2 aromatic rings. The molecule has 0 bridgehead atoms. The number of likely N-dealkylation sites (tertiary alicyclic amines) is 1. The number of amides is 1. The van der Waals surface area contributed by atoms with Crippen LogP contribution < -0.4 is 0 Å². The third-order valence-corrected chi connectivity index (χ3v) is 4.51. The van der Waals surface area contributed by atoms with E-state index >= 15 is 0 Å². The SMILES string of the molecule is COC(=O)C1(C)CCN(C(=O)c2cnn(Cc3ccccc3)c2)C1. The van der Waals surface area contributed by atoms with Gasteiger partial charge in [0.15, 0.2) is 0 Å². The molecule has 1 aliphatic rings. The molecule has 2 heterocycles. The van der Waals surface area contributed by atoms with Gasteiger partial charge in [0, 0.05) is 19.3 Å². The molecule has 0 spiro atoms. The van der Waals surface area contributed by atoms with Crippen LogP contribution in [0.15, 0.2) is 42.7 Å². The van der Waals surface area contributed by atoms with Crippen molar-refractivity contribution in [1.29, 1.82) is 0 Å². The molecule has 1 unspecified atom stereocenters. The van der Waals surface area contributed by atoms with E-state index in [1.54, 1.807) is 22.0 Å². The first-order valence-corrected chi connectivity index (χ1v) is 7.96. The standard InChI is InChI=1S/C18H21N3O3/c1-18(17(23)24-2)8-9-20(13-18)16(22)15-10-19-21(12-15)11-14-6-4-3-5-7-14/h3-7,10,12H,8-9,11,13H2,1-2H3. The lowest BCUT2D eigenvalue weighted by Crippen LogP contribution is -2.35. The van der Waals surface area contributed by atoms with Crippen molar-refractivity contribution in [2.75, 3.05) is 20.2 Å². The number of carbonyl (C=O) groups excluding carboxylic acids is 2. The monoisotopic (exact) mass is 327 g/mol. The molecule has 0 saturated carbocycles. The number of rotatable bonds is 4. The number of methoxy groups -OCH3 is 1. The van der Waals surface area contributed by atoms with E-state index in [1.807, 2.05) is 37.3 Å². The lowest BCUT2D eigenvalue weighted by Gasteiger charge is -2.21. The smallest absolute Gasteiger partial charge is 0.313 e. The van der Waals surface area contributed by atoms with Crippen molar-refractivity contribution < 1.29 is 14.3 Å². The molecule has 6 nitrogen and oxygen atoms in total. The number of ether oxygens (including phenoxy) is 1. The topological polar surface area (TPSA) is 64.4 Å². The van der Waals surface area contributed by atoms with Gasteiger partial charge in [0.05, 0.1) is 30.8 Å². The van der Waals surface area contributed by atoms with Crippen LogP contribution in [0.4, 0.5) is 0 Å². The maximum atomic E-state index is 12.6. The molecule has 126 valence electrons. The second-order valence-electron chi connectivity index (χ2n) is 6.44. The molecule has 1 aliphatic heterocycles. The Kier molecular flexibility index (Phi) is 4.38. The Bertz CT molecular complexity index is 741. The second kappa shape index (κ2) is 6.47. The molecule has 1 aromatic carbocycles. The van der Waals surface area contributed by atoms with Crippen LogP contribution >= 0.6 is 0 Å². The Labute approximate surface area is 141 Å². The van der Waals surface area contributed by atoms with Crippen LogP contribution in [0.2, 0.25) is 0 Å². The van der Waals surface area contributed by atoms with Crippen molar-refractivity contribution in [3.8, 4) is 0 Å². The van der Waals surface area contributed by atoms with Gasteiger partial charge in [-0.15, -0.1) is 0 Å². The minimum Gasteiger partial charge on any atom is -0.469 e. The number of carbonyl (C=O) groups is 2. The Morgan fingerprint density at radius 3 is 2.75 bits per heavy atom. The van der Waals surface area contributed by atoms with Crippen LogP contribution in [0, 0.1) is 5.41 Å². The minimum atomic E-state index is -0.621. The largest absolute Gasteiger partial charge is 0.469 e. The minimum absolute atomic E-state index is 0.0954. The zero-order valence-electron chi connectivity index (χ0n) is 13.9. The highest BCUT2D eigenvalue weighted by molar-refractivity contribution is 5.94. The summed E-state index contributed by atoms with van der Waals surface area (Å²) in [6.07, 6.45) is 3.95. The fraction of sp³-hybridized carbons (Fsp3) is 0.389. The van der Waals surface area contributed by atoms with Gasteiger partial charge < -0.3 is 9.64 Å². The number of nitrogens with zero attached hydrogens (tertiary/aromatic N) is 3. The summed E-state index contributed by atoms with van der Waals surface area (Å²) in [5.41, 5.74) is 1.05. The van der Waals surface area contributed by atoms with Gasteiger partial charge in [-0.2, -0.15) is 5.10 Å². The summed E-state index contributed by atoms with van der Waals surface area (Å²) in [6, 6.07) is 9.95. The first kappa shape index (κ1) is 16.2. The molecule has 1 saturated heterocycles. The number of esters is 1. The van der Waals surface area contributed by atoms with E-state index in [9.17, 15) is 9.59 Å². The van der Waals surface area contributed by atoms with Gasteiger partial charge in [0.2, 0.25) is 0 Å². The predicted molar refractivity (Wildman–Crippen MR) is 88.4 cm³/mol. The van der Waals surface area contributed by atoms with Crippen molar-refractivity contribution in [3.63, 3.8) is 0 Å². The van der Waals surface area contributed by atoms with Crippen LogP contribution in [-0.2, 0) is 16.1 Å². The normalized spacial score (nSPS) is 20.2. The summed E-state index contributed by atoms with van der Waals surface area (Å²) >= 11 is 0. The maximum Gasteiger partial charge on any atom is 0.313 e. The average molecular weight is 327 g/mol. The molecule has 1 fully saturated rings. The van der Waals surface area contributed by atoms with Gasteiger partial charge in [0.25, 0.3) is 5.91 Å². The third-order valence-electron chi connectivity index (χ3n) is 4.51. The molecule has 0 radical (unpaired) electrons. The van der Waals surface area contributed by atoms with Crippen LogP contribution in [0.5, 0.6) is 0 Å². The molecule has 1 atom stereocenters. The third kappa shape index (κ3) is 3.18. The number of hydrogen-bond donors (Lipinski definition) is 0. The summed E-state index contributed by atoms with van der Waals surface area (Å²) in [5.74, 6) is -0.362. The predicted octanol–water partition coefficient (Wildman–Crippen LogP) is 1.96. The van der Waals surface area contributed by atoms with E-state index < -0.39 is 5.41 Å². The first-order chi connectivity index (χ1) is 11.5. The van der Waals surface area contributed by atoms with Gasteiger partial charge in [-0.25, -0.2) is 0 Å². The lowest BCUT2D eigenvalue weighted by molar-refractivity contribution is -0.150. The molecule has 6 heteroatoms. The highest BCUT2D eigenvalue weighted by Gasteiger charge is 2.43. The second-order valence-corrected chi connectivity index (χ2v) is 6.44. The Morgan fingerprint density at radius 1 is 1.29 bits per heavy atom. The Morgan fingerprint density at radius 2 is 2.04 bits per heavy atom. The maximum absolute atomic E-state index is 12.6. The summed E-state index contributed by atoms with van der Waals surface area (Å²) in [6.45, 7) is 3.38. The molecule has 24 heavy (non-hydrogen) atoms. The van der Waals surface area contributed by atoms with E-state index in [0.717, 1.165) is 5.56 Å². The van der Waals surface area contributed by atoms with E-state index in [-0.39, 0.29) is 11.9 Å². The van der Waals surface area contributed by atoms with Gasteiger partial charge >= 0.3 is 5.97 Å². The van der Waals surface area contributed by atoms with Crippen molar-refractivity contribution in [3.05, 3.63) is 53.9 Å². The van der Waals surface area contributed by atoms with Gasteiger partial charge in [-0.05, 0) is 18.9 Å². The highest BCUT2D eigenvalue weighted by Crippen LogP contribution is 2.31. The molecule has 3 rings (SSSR count). The molecule has 0 N–H and O–H groups in total. The average Bonchev–Trinajstić information content (AvgIpc) is 3.22. The summed E-state index contributed by atoms with van der Waals surface area (Å²) in [5, 5.41) is 4.27. The van der Waals surface area contributed by atoms with Gasteiger partial charge in [0.1, 0.15) is 0 Å². The number of benzene rings is 1. The van der Waals surface area contributed by atoms with E-state index in [1.165, 1.54) is 7.11 Å². The van der Waals surface area contributed by atoms with E-state index in [2.05, 4.69) is 5.10 Å². The van der Waals surface area contributed by atoms with Crippen molar-refractivity contribution in [1.82, 2.24) is 14.7 Å². The molecule has 0 aliphatic carbocycles. The first-order valence-electron chi connectivity index (χ1n) is 7.96. The van der Waals surface area contributed by atoms with Gasteiger partial charge in [-0.3, -0.25) is 14.3 Å². The van der Waals surface area contributed by atoms with Crippen molar-refractivity contribution in [2.24, 2.45) is 5.41 Å². The van der Waals surface area contributed by atoms with Crippen molar-refractivity contribution in [2.45, 2.75) is 19.9 Å². The van der Waals surface area contributed by atoms with Crippen LogP contribution in [-0.4, -0.2) is 46.8 Å². The molecular formula is C18H21N3O3. The Hall–Kier alpha value is -2.63. The fourth-order valence-corrected chi connectivity index (χ4v) is 3.06. The zero-order valence-corrected chi connectivity index (χ0v) is 13.9. The summed E-state index contributed by atoms with van der Waals surface area (Å²) < 4.78 is 6.60. The molecule has 1 aromatic heterocycles. The fourth-order valence-electron chi connectivity index (χ4n) is 3.06. The molecular weight excluding hydrogens is 306 g/mol. The highest BCUT2D eigenvalue weighted by atomic mass is 16.5. The number of hydrogen-bond acceptors (Lipinski definition) is 4. The molecule has 1 amide bonds. The summed E-state index contributed by atoms with van der Waals surface area (Å²) in [7, 11) is 1.38. The number of aromatic nitrogens is 2.